The fourth-order valence-corrected chi connectivity index (χ4v) is 2.23. The van der Waals surface area contributed by atoms with Gasteiger partial charge in [-0.15, -0.1) is 0 Å². The lowest BCUT2D eigenvalue weighted by Gasteiger charge is -2.24. The maximum absolute atomic E-state index is 12.4. The number of carbonyl (C=O) groups is 4. The van der Waals surface area contributed by atoms with E-state index in [0.717, 1.165) is 0 Å². The molecule has 3 unspecified atom stereocenters. The van der Waals surface area contributed by atoms with Gasteiger partial charge in [-0.05, 0) is 18.9 Å². The van der Waals surface area contributed by atoms with Gasteiger partial charge in [0.25, 0.3) is 0 Å². The van der Waals surface area contributed by atoms with Crippen molar-refractivity contribution in [2.24, 2.45) is 0 Å². The van der Waals surface area contributed by atoms with E-state index < -0.39 is 48.4 Å². The molecule has 0 radical (unpaired) electrons. The van der Waals surface area contributed by atoms with Crippen LogP contribution in [0.3, 0.4) is 0 Å². The van der Waals surface area contributed by atoms with Gasteiger partial charge in [0.1, 0.15) is 18.2 Å². The van der Waals surface area contributed by atoms with E-state index in [-0.39, 0.29) is 6.42 Å². The van der Waals surface area contributed by atoms with E-state index in [1.165, 1.54) is 6.92 Å². The SMILES string of the molecule is CCCC(=O)NC(C(=O)NCC(=O)NC(C)C(=O)O)C(O)c1ccccc1. The molecule has 0 bridgehead atoms. The first-order valence-electron chi connectivity index (χ1n) is 8.58. The Balaban J connectivity index is 2.79. The van der Waals surface area contributed by atoms with Gasteiger partial charge in [0, 0.05) is 6.42 Å². The van der Waals surface area contributed by atoms with Crippen molar-refractivity contribution in [3.63, 3.8) is 0 Å². The van der Waals surface area contributed by atoms with Gasteiger partial charge in [-0.2, -0.15) is 0 Å². The Morgan fingerprint density at radius 1 is 1.04 bits per heavy atom. The zero-order valence-corrected chi connectivity index (χ0v) is 15.3. The van der Waals surface area contributed by atoms with Crippen molar-refractivity contribution in [1.29, 1.82) is 0 Å². The van der Waals surface area contributed by atoms with Crippen LogP contribution in [-0.4, -0.2) is 52.5 Å². The summed E-state index contributed by atoms with van der Waals surface area (Å²) in [4.78, 5) is 46.8. The van der Waals surface area contributed by atoms with Crippen LogP contribution < -0.4 is 16.0 Å². The van der Waals surface area contributed by atoms with E-state index in [1.54, 1.807) is 37.3 Å². The van der Waals surface area contributed by atoms with Gasteiger partial charge in [-0.25, -0.2) is 0 Å². The van der Waals surface area contributed by atoms with Crippen molar-refractivity contribution >= 4 is 23.7 Å². The van der Waals surface area contributed by atoms with Crippen molar-refractivity contribution in [3.8, 4) is 0 Å². The first kappa shape index (κ1) is 22.1. The number of amides is 3. The van der Waals surface area contributed by atoms with Crippen LogP contribution in [0.4, 0.5) is 0 Å². The average Bonchev–Trinajstić information content (AvgIpc) is 2.64. The Morgan fingerprint density at radius 3 is 2.22 bits per heavy atom. The number of benzene rings is 1. The van der Waals surface area contributed by atoms with Crippen LogP contribution in [0.1, 0.15) is 38.4 Å². The Hall–Kier alpha value is -2.94. The maximum atomic E-state index is 12.4. The molecule has 0 aliphatic carbocycles. The first-order valence-corrected chi connectivity index (χ1v) is 8.58. The van der Waals surface area contributed by atoms with Gasteiger partial charge in [-0.3, -0.25) is 19.2 Å². The first-order chi connectivity index (χ1) is 12.8. The molecule has 1 aromatic rings. The molecule has 1 rings (SSSR count). The van der Waals surface area contributed by atoms with Crippen molar-refractivity contribution in [1.82, 2.24) is 16.0 Å². The molecule has 0 heterocycles. The van der Waals surface area contributed by atoms with E-state index in [2.05, 4.69) is 16.0 Å². The number of hydrogen-bond acceptors (Lipinski definition) is 5. The third-order valence-corrected chi connectivity index (χ3v) is 3.70. The third kappa shape index (κ3) is 7.45. The van der Waals surface area contributed by atoms with E-state index in [1.807, 2.05) is 0 Å². The minimum atomic E-state index is -1.31. The van der Waals surface area contributed by atoms with Gasteiger partial charge in [0.05, 0.1) is 6.54 Å². The van der Waals surface area contributed by atoms with Gasteiger partial charge in [0.2, 0.25) is 17.7 Å². The Kier molecular flexibility index (Phi) is 8.94. The van der Waals surface area contributed by atoms with E-state index >= 15 is 0 Å². The van der Waals surface area contributed by atoms with Crippen molar-refractivity contribution in [2.75, 3.05) is 6.54 Å². The average molecular weight is 379 g/mol. The van der Waals surface area contributed by atoms with Gasteiger partial charge in [-0.1, -0.05) is 37.3 Å². The molecule has 27 heavy (non-hydrogen) atoms. The summed E-state index contributed by atoms with van der Waals surface area (Å²) in [5.74, 6) is -3.07. The zero-order chi connectivity index (χ0) is 20.4. The molecule has 3 atom stereocenters. The van der Waals surface area contributed by atoms with Crippen molar-refractivity contribution < 1.29 is 29.4 Å². The summed E-state index contributed by atoms with van der Waals surface area (Å²) in [6, 6.07) is 5.93. The number of carboxylic acid groups (broad SMARTS) is 1. The number of aliphatic hydroxyl groups excluding tert-OH is 1. The summed E-state index contributed by atoms with van der Waals surface area (Å²) in [5.41, 5.74) is 0.429. The zero-order valence-electron chi connectivity index (χ0n) is 15.3. The molecule has 9 nitrogen and oxygen atoms in total. The van der Waals surface area contributed by atoms with Crippen LogP contribution in [0.2, 0.25) is 0 Å². The Morgan fingerprint density at radius 2 is 1.67 bits per heavy atom. The number of carbonyl (C=O) groups excluding carboxylic acids is 3. The number of aliphatic carboxylic acids is 1. The molecule has 9 heteroatoms. The van der Waals surface area contributed by atoms with Crippen molar-refractivity contribution in [3.05, 3.63) is 35.9 Å². The molecule has 148 valence electrons. The van der Waals surface area contributed by atoms with Crippen LogP contribution in [-0.2, 0) is 19.2 Å². The molecule has 0 saturated heterocycles. The fraction of sp³-hybridized carbons (Fsp3) is 0.444. The molecule has 0 fully saturated rings. The molecular weight excluding hydrogens is 354 g/mol. The van der Waals surface area contributed by atoms with Gasteiger partial charge >= 0.3 is 5.97 Å². The lowest BCUT2D eigenvalue weighted by Crippen LogP contribution is -2.52. The monoisotopic (exact) mass is 379 g/mol. The molecule has 0 saturated carbocycles. The molecule has 0 aliphatic heterocycles. The van der Waals surface area contributed by atoms with Crippen LogP contribution in [0, 0.1) is 0 Å². The third-order valence-electron chi connectivity index (χ3n) is 3.70. The second-order valence-electron chi connectivity index (χ2n) is 6.00. The summed E-state index contributed by atoms with van der Waals surface area (Å²) >= 11 is 0. The largest absolute Gasteiger partial charge is 0.480 e. The van der Waals surface area contributed by atoms with Gasteiger partial charge < -0.3 is 26.2 Å². The maximum Gasteiger partial charge on any atom is 0.325 e. The highest BCUT2D eigenvalue weighted by atomic mass is 16.4. The molecule has 0 aliphatic rings. The van der Waals surface area contributed by atoms with E-state index in [0.29, 0.717) is 12.0 Å². The number of carboxylic acids is 1. The number of aliphatic hydroxyl groups is 1. The quantitative estimate of drug-likeness (QED) is 0.378. The molecule has 0 aromatic heterocycles. The fourth-order valence-electron chi connectivity index (χ4n) is 2.23. The summed E-state index contributed by atoms with van der Waals surface area (Å²) in [6.45, 7) is 2.60. The normalized spacial score (nSPS) is 13.7. The minimum Gasteiger partial charge on any atom is -0.480 e. The lowest BCUT2D eigenvalue weighted by atomic mass is 10.0. The predicted octanol–water partition coefficient (Wildman–Crippen LogP) is -0.290. The Bertz CT molecular complexity index is 664. The van der Waals surface area contributed by atoms with Crippen molar-refractivity contribution in [2.45, 2.75) is 44.9 Å². The minimum absolute atomic E-state index is 0.182. The van der Waals surface area contributed by atoms with Crippen LogP contribution in [0.25, 0.3) is 0 Å². The molecule has 5 N–H and O–H groups in total. The summed E-state index contributed by atoms with van der Waals surface area (Å²) < 4.78 is 0. The van der Waals surface area contributed by atoms with E-state index in [4.69, 9.17) is 5.11 Å². The summed E-state index contributed by atoms with van der Waals surface area (Å²) in [7, 11) is 0. The van der Waals surface area contributed by atoms with Crippen LogP contribution >= 0.6 is 0 Å². The summed E-state index contributed by atoms with van der Waals surface area (Å²) in [5, 5.41) is 26.2. The molecular formula is C18H25N3O6. The topological polar surface area (TPSA) is 145 Å². The van der Waals surface area contributed by atoms with Crippen LogP contribution in [0.15, 0.2) is 30.3 Å². The molecule has 3 amide bonds. The lowest BCUT2D eigenvalue weighted by molar-refractivity contribution is -0.141. The number of rotatable bonds is 10. The number of nitrogens with one attached hydrogen (secondary N) is 3. The Labute approximate surface area is 157 Å². The molecule has 0 spiro atoms. The second-order valence-corrected chi connectivity index (χ2v) is 6.00. The van der Waals surface area contributed by atoms with E-state index in [9.17, 15) is 24.3 Å². The highest BCUT2D eigenvalue weighted by molar-refractivity contribution is 5.92. The second kappa shape index (κ2) is 10.9. The highest BCUT2D eigenvalue weighted by Crippen LogP contribution is 2.17. The summed E-state index contributed by atoms with van der Waals surface area (Å²) in [6.07, 6.45) is -0.563. The highest BCUT2D eigenvalue weighted by Gasteiger charge is 2.29. The van der Waals surface area contributed by atoms with Crippen LogP contribution in [0.5, 0.6) is 0 Å². The smallest absolute Gasteiger partial charge is 0.325 e. The number of hydrogen-bond donors (Lipinski definition) is 5. The van der Waals surface area contributed by atoms with Gasteiger partial charge in [0.15, 0.2) is 0 Å². The standard InChI is InChI=1S/C18H25N3O6/c1-3-7-13(22)21-15(16(24)12-8-5-4-6-9-12)17(25)19-10-14(23)20-11(2)18(26)27/h4-6,8-9,11,15-16,24H,3,7,10H2,1-2H3,(H,19,25)(H,20,23)(H,21,22)(H,26,27). The predicted molar refractivity (Wildman–Crippen MR) is 96.5 cm³/mol. The molecule has 1 aromatic carbocycles.